The van der Waals surface area contributed by atoms with Gasteiger partial charge in [-0.3, -0.25) is 9.48 Å². The molecule has 0 radical (unpaired) electrons. The smallest absolute Gasteiger partial charge is 0.157 e. The zero-order chi connectivity index (χ0) is 13.1. The Morgan fingerprint density at radius 2 is 1.89 bits per heavy atom. The van der Waals surface area contributed by atoms with Crippen molar-refractivity contribution in [2.75, 3.05) is 0 Å². The number of rotatable bonds is 4. The summed E-state index contributed by atoms with van der Waals surface area (Å²) < 4.78 is 1.77. The van der Waals surface area contributed by atoms with E-state index in [0.29, 0.717) is 12.3 Å². The van der Waals surface area contributed by atoms with Crippen LogP contribution in [0.15, 0.2) is 42.7 Å². The van der Waals surface area contributed by atoms with E-state index in [2.05, 4.69) is 17.2 Å². The minimum atomic E-state index is 0.268. The number of aromatic nitrogens is 2. The van der Waals surface area contributed by atoms with E-state index < -0.39 is 0 Å². The first kappa shape index (κ1) is 12.2. The molecule has 1 aliphatic carbocycles. The molecule has 0 aliphatic heterocycles. The maximum absolute atomic E-state index is 12.1. The quantitative estimate of drug-likeness (QED) is 0.839. The van der Waals surface area contributed by atoms with Crippen molar-refractivity contribution in [1.82, 2.24) is 9.78 Å². The third-order valence-electron chi connectivity index (χ3n) is 3.87. The Balaban J connectivity index is 1.70. The molecule has 0 saturated heterocycles. The summed E-state index contributed by atoms with van der Waals surface area (Å²) in [6, 6.07) is 10.1. The third kappa shape index (κ3) is 2.75. The molecule has 1 saturated carbocycles. The van der Waals surface area contributed by atoms with E-state index in [4.69, 9.17) is 0 Å². The summed E-state index contributed by atoms with van der Waals surface area (Å²) in [7, 11) is 0. The Bertz CT molecular complexity index is 553. The number of carbonyl (C=O) groups excluding carboxylic acids is 1. The zero-order valence-electron chi connectivity index (χ0n) is 11.0. The molecule has 0 spiro atoms. The first-order chi connectivity index (χ1) is 9.33. The summed E-state index contributed by atoms with van der Waals surface area (Å²) in [6.45, 7) is 0.414. The van der Waals surface area contributed by atoms with Crippen LogP contribution in [-0.2, 0) is 11.3 Å². The fraction of sp³-hybridized carbons (Fsp3) is 0.375. The van der Waals surface area contributed by atoms with Crippen LogP contribution in [0.1, 0.15) is 25.7 Å². The molecule has 98 valence electrons. The van der Waals surface area contributed by atoms with E-state index in [9.17, 15) is 4.79 Å². The van der Waals surface area contributed by atoms with Crippen molar-refractivity contribution in [3.8, 4) is 11.1 Å². The third-order valence-corrected chi connectivity index (χ3v) is 3.87. The van der Waals surface area contributed by atoms with Gasteiger partial charge in [-0.1, -0.05) is 43.2 Å². The molecular formula is C16H18N2O. The summed E-state index contributed by atoms with van der Waals surface area (Å²) in [5.41, 5.74) is 2.21. The van der Waals surface area contributed by atoms with Gasteiger partial charge in [-0.25, -0.2) is 0 Å². The van der Waals surface area contributed by atoms with Crippen molar-refractivity contribution in [1.29, 1.82) is 0 Å². The number of hydrogen-bond donors (Lipinski definition) is 0. The second-order valence-electron chi connectivity index (χ2n) is 5.24. The van der Waals surface area contributed by atoms with Crippen molar-refractivity contribution in [3.05, 3.63) is 42.7 Å². The van der Waals surface area contributed by atoms with Gasteiger partial charge < -0.3 is 0 Å². The monoisotopic (exact) mass is 254 g/mol. The maximum Gasteiger partial charge on any atom is 0.157 e. The SMILES string of the molecule is O=C(Cn1cc(-c2ccccc2)cn1)C1CCCC1. The topological polar surface area (TPSA) is 34.9 Å². The van der Waals surface area contributed by atoms with Crippen LogP contribution >= 0.6 is 0 Å². The van der Waals surface area contributed by atoms with Crippen molar-refractivity contribution < 1.29 is 4.79 Å². The predicted octanol–water partition coefficient (Wildman–Crippen LogP) is 3.31. The summed E-state index contributed by atoms with van der Waals surface area (Å²) in [4.78, 5) is 12.1. The lowest BCUT2D eigenvalue weighted by Crippen LogP contribution is -2.18. The van der Waals surface area contributed by atoms with E-state index in [1.54, 1.807) is 4.68 Å². The molecule has 0 N–H and O–H groups in total. The first-order valence-corrected chi connectivity index (χ1v) is 6.93. The molecular weight excluding hydrogens is 236 g/mol. The molecule has 1 aliphatic rings. The Kier molecular flexibility index (Phi) is 3.45. The van der Waals surface area contributed by atoms with Crippen molar-refractivity contribution >= 4 is 5.78 Å². The fourth-order valence-corrected chi connectivity index (χ4v) is 2.77. The number of carbonyl (C=O) groups is 1. The molecule has 0 unspecified atom stereocenters. The first-order valence-electron chi connectivity index (χ1n) is 6.93. The van der Waals surface area contributed by atoms with E-state index in [1.165, 1.54) is 12.8 Å². The standard InChI is InChI=1S/C16H18N2O/c19-16(14-8-4-5-9-14)12-18-11-15(10-17-18)13-6-2-1-3-7-13/h1-3,6-7,10-11,14H,4-5,8-9,12H2. The summed E-state index contributed by atoms with van der Waals surface area (Å²) in [6.07, 6.45) is 8.31. The molecule has 1 heterocycles. The summed E-state index contributed by atoms with van der Waals surface area (Å²) in [5.74, 6) is 0.601. The van der Waals surface area contributed by atoms with Gasteiger partial charge in [-0.2, -0.15) is 5.10 Å². The zero-order valence-corrected chi connectivity index (χ0v) is 11.0. The van der Waals surface area contributed by atoms with Crippen molar-refractivity contribution in [2.45, 2.75) is 32.2 Å². The largest absolute Gasteiger partial charge is 0.297 e. The van der Waals surface area contributed by atoms with Crippen LogP contribution in [0.3, 0.4) is 0 Å². The number of benzene rings is 1. The Labute approximate surface area is 113 Å². The van der Waals surface area contributed by atoms with Crippen molar-refractivity contribution in [2.24, 2.45) is 5.92 Å². The Morgan fingerprint density at radius 3 is 2.63 bits per heavy atom. The highest BCUT2D eigenvalue weighted by Gasteiger charge is 2.22. The predicted molar refractivity (Wildman–Crippen MR) is 74.6 cm³/mol. The summed E-state index contributed by atoms with van der Waals surface area (Å²) in [5, 5.41) is 4.30. The molecule has 2 aromatic rings. The van der Waals surface area contributed by atoms with Gasteiger partial charge in [0.05, 0.1) is 12.7 Å². The number of ketones is 1. The second-order valence-corrected chi connectivity index (χ2v) is 5.24. The molecule has 19 heavy (non-hydrogen) atoms. The average molecular weight is 254 g/mol. The normalized spacial score (nSPS) is 15.8. The van der Waals surface area contributed by atoms with E-state index in [-0.39, 0.29) is 5.92 Å². The molecule has 0 bridgehead atoms. The van der Waals surface area contributed by atoms with Gasteiger partial charge in [0.1, 0.15) is 0 Å². The van der Waals surface area contributed by atoms with E-state index in [1.807, 2.05) is 30.6 Å². The van der Waals surface area contributed by atoms with Gasteiger partial charge in [0, 0.05) is 17.7 Å². The summed E-state index contributed by atoms with van der Waals surface area (Å²) >= 11 is 0. The van der Waals surface area contributed by atoms with Gasteiger partial charge in [0.2, 0.25) is 0 Å². The molecule has 0 amide bonds. The fourth-order valence-electron chi connectivity index (χ4n) is 2.77. The highest BCUT2D eigenvalue weighted by molar-refractivity contribution is 5.81. The van der Waals surface area contributed by atoms with Gasteiger partial charge in [0.25, 0.3) is 0 Å². The van der Waals surface area contributed by atoms with Crippen LogP contribution < -0.4 is 0 Å². The van der Waals surface area contributed by atoms with Gasteiger partial charge in [-0.15, -0.1) is 0 Å². The molecule has 3 heteroatoms. The number of hydrogen-bond acceptors (Lipinski definition) is 2. The molecule has 1 fully saturated rings. The lowest BCUT2D eigenvalue weighted by atomic mass is 10.0. The molecule has 1 aromatic heterocycles. The Hall–Kier alpha value is -1.90. The van der Waals surface area contributed by atoms with Crippen LogP contribution in [0.2, 0.25) is 0 Å². The highest BCUT2D eigenvalue weighted by Crippen LogP contribution is 2.26. The van der Waals surface area contributed by atoms with Crippen LogP contribution in [0.4, 0.5) is 0 Å². The number of Topliss-reactive ketones (excluding diaryl/α,β-unsaturated/α-hetero) is 1. The minimum Gasteiger partial charge on any atom is -0.297 e. The maximum atomic E-state index is 12.1. The highest BCUT2D eigenvalue weighted by atomic mass is 16.1. The molecule has 3 nitrogen and oxygen atoms in total. The van der Waals surface area contributed by atoms with E-state index >= 15 is 0 Å². The van der Waals surface area contributed by atoms with Gasteiger partial charge in [0.15, 0.2) is 5.78 Å². The van der Waals surface area contributed by atoms with E-state index in [0.717, 1.165) is 24.0 Å². The van der Waals surface area contributed by atoms with Gasteiger partial charge >= 0.3 is 0 Å². The lowest BCUT2D eigenvalue weighted by Gasteiger charge is -2.07. The van der Waals surface area contributed by atoms with Crippen LogP contribution in [-0.4, -0.2) is 15.6 Å². The molecule has 3 rings (SSSR count). The lowest BCUT2D eigenvalue weighted by molar-refractivity contribution is -0.123. The minimum absolute atomic E-state index is 0.268. The van der Waals surface area contributed by atoms with Crippen molar-refractivity contribution in [3.63, 3.8) is 0 Å². The number of nitrogens with zero attached hydrogens (tertiary/aromatic N) is 2. The van der Waals surface area contributed by atoms with Crippen LogP contribution in [0, 0.1) is 5.92 Å². The molecule has 1 aromatic carbocycles. The van der Waals surface area contributed by atoms with Crippen LogP contribution in [0.5, 0.6) is 0 Å². The van der Waals surface area contributed by atoms with Crippen LogP contribution in [0.25, 0.3) is 11.1 Å². The Morgan fingerprint density at radius 1 is 1.16 bits per heavy atom. The molecule has 0 atom stereocenters. The average Bonchev–Trinajstić information content (AvgIpc) is 3.11. The second kappa shape index (κ2) is 5.39. The van der Waals surface area contributed by atoms with Gasteiger partial charge in [-0.05, 0) is 18.4 Å².